The topological polar surface area (TPSA) is 207 Å². The maximum atomic E-state index is 14.2. The second-order valence-corrected chi connectivity index (χ2v) is 19.1. The number of benzene rings is 4. The summed E-state index contributed by atoms with van der Waals surface area (Å²) >= 11 is 0. The third kappa shape index (κ3) is 16.2. The number of pyridine rings is 2. The lowest BCUT2D eigenvalue weighted by Gasteiger charge is -2.15. The van der Waals surface area contributed by atoms with Gasteiger partial charge in [0, 0.05) is 43.6 Å². The number of primary sulfonamides is 1. The van der Waals surface area contributed by atoms with Crippen LogP contribution in [0.15, 0.2) is 107 Å². The summed E-state index contributed by atoms with van der Waals surface area (Å²) in [6.07, 6.45) is 5.36. The standard InChI is InChI=1S/C24H25F2NO3S.C23H24F2N2O3S.2CO2/c1-15(2)20-13-19(25)14-21(16(20)3)18-7-9-27-24(12-18)30-10-8-17-5-6-22(26)23(11-17)31(4,28)29;1-14(2)19-12-18(24)13-20(15(19)3)17-6-8-27-23(11-17)30-9-7-16-4-5-21(25)22(10-16)31(26,28)29;2*2-1-3/h5-7,9,11-15H,8,10H2,1-4H3;4-6,8,10-14H,7,9H2,1-3H3,(H2,26,28,29);;. The van der Waals surface area contributed by atoms with Gasteiger partial charge < -0.3 is 9.47 Å². The van der Waals surface area contributed by atoms with Gasteiger partial charge in [-0.1, -0.05) is 39.8 Å². The van der Waals surface area contributed by atoms with Gasteiger partial charge in [-0.15, -0.1) is 0 Å². The van der Waals surface area contributed by atoms with Crippen molar-refractivity contribution in [3.05, 3.63) is 154 Å². The van der Waals surface area contributed by atoms with E-state index in [1.165, 1.54) is 36.4 Å². The first-order valence-electron chi connectivity index (χ1n) is 20.5. The van der Waals surface area contributed by atoms with Crippen LogP contribution in [0.4, 0.5) is 17.6 Å². The smallest absolute Gasteiger partial charge is 0.373 e. The van der Waals surface area contributed by atoms with Crippen LogP contribution < -0.4 is 14.6 Å². The van der Waals surface area contributed by atoms with E-state index >= 15 is 0 Å². The van der Waals surface area contributed by atoms with E-state index in [9.17, 15) is 34.4 Å². The van der Waals surface area contributed by atoms with E-state index in [0.29, 0.717) is 35.7 Å². The van der Waals surface area contributed by atoms with Crippen LogP contribution in [0.5, 0.6) is 11.8 Å². The molecule has 13 nitrogen and oxygen atoms in total. The number of halogens is 4. The maximum Gasteiger partial charge on any atom is 0.373 e. The minimum Gasteiger partial charge on any atom is -0.477 e. The third-order valence-electron chi connectivity index (χ3n) is 10.1. The molecule has 0 atom stereocenters. The molecule has 0 amide bonds. The first-order valence-corrected chi connectivity index (χ1v) is 24.0. The fourth-order valence-electron chi connectivity index (χ4n) is 6.97. The second-order valence-electron chi connectivity index (χ2n) is 15.6. The molecular weight excluding hydrogens is 931 g/mol. The molecule has 2 aromatic heterocycles. The average Bonchev–Trinajstić information content (AvgIpc) is 3.26. The Morgan fingerprint density at radius 2 is 0.941 bits per heavy atom. The maximum absolute atomic E-state index is 14.2. The van der Waals surface area contributed by atoms with Crippen LogP contribution in [-0.4, -0.2) is 58.6 Å². The van der Waals surface area contributed by atoms with Crippen LogP contribution in [-0.2, 0) is 51.9 Å². The van der Waals surface area contributed by atoms with Gasteiger partial charge in [-0.2, -0.15) is 19.2 Å². The van der Waals surface area contributed by atoms with Crippen LogP contribution in [0.25, 0.3) is 22.3 Å². The molecule has 0 bridgehead atoms. The van der Waals surface area contributed by atoms with E-state index in [2.05, 4.69) is 9.97 Å². The summed E-state index contributed by atoms with van der Waals surface area (Å²) in [5.41, 5.74) is 8.23. The van der Waals surface area contributed by atoms with Crippen molar-refractivity contribution in [2.45, 2.75) is 76.0 Å². The van der Waals surface area contributed by atoms with Crippen LogP contribution >= 0.6 is 0 Å². The van der Waals surface area contributed by atoms with Gasteiger partial charge in [-0.05, 0) is 142 Å². The molecule has 0 spiro atoms. The largest absolute Gasteiger partial charge is 0.477 e. The van der Waals surface area contributed by atoms with Crippen molar-refractivity contribution >= 4 is 32.2 Å². The van der Waals surface area contributed by atoms with Crippen molar-refractivity contribution in [1.82, 2.24) is 9.97 Å². The predicted octanol–water partition coefficient (Wildman–Crippen LogP) is 9.04. The Balaban J connectivity index is 0.000000323. The highest BCUT2D eigenvalue weighted by Gasteiger charge is 2.18. The number of nitrogens with zero attached hydrogens (tertiary/aromatic N) is 2. The van der Waals surface area contributed by atoms with E-state index in [0.717, 1.165) is 62.9 Å². The summed E-state index contributed by atoms with van der Waals surface area (Å²) in [4.78, 5) is 40.0. The molecule has 0 aliphatic heterocycles. The molecule has 19 heteroatoms. The number of hydrogen-bond donors (Lipinski definition) is 1. The van der Waals surface area contributed by atoms with Crippen molar-refractivity contribution < 1.29 is 63.0 Å². The van der Waals surface area contributed by atoms with Crippen LogP contribution in [0, 0.1) is 37.1 Å². The Morgan fingerprint density at radius 3 is 1.29 bits per heavy atom. The van der Waals surface area contributed by atoms with E-state index in [-0.39, 0.29) is 53.9 Å². The number of rotatable bonds is 14. The summed E-state index contributed by atoms with van der Waals surface area (Å²) in [6.45, 7) is 12.4. The van der Waals surface area contributed by atoms with E-state index in [1.54, 1.807) is 48.8 Å². The summed E-state index contributed by atoms with van der Waals surface area (Å²) < 4.78 is 113. The quantitative estimate of drug-likeness (QED) is 0.101. The highest BCUT2D eigenvalue weighted by Crippen LogP contribution is 2.33. The predicted molar refractivity (Wildman–Crippen MR) is 243 cm³/mol. The molecule has 0 unspecified atom stereocenters. The van der Waals surface area contributed by atoms with Gasteiger partial charge in [0.1, 0.15) is 33.1 Å². The van der Waals surface area contributed by atoms with Gasteiger partial charge in [0.25, 0.3) is 0 Å². The lowest BCUT2D eigenvalue weighted by molar-refractivity contribution is -0.193. The van der Waals surface area contributed by atoms with Crippen molar-refractivity contribution in [1.29, 1.82) is 0 Å². The van der Waals surface area contributed by atoms with E-state index in [4.69, 9.17) is 33.8 Å². The molecule has 4 aromatic carbocycles. The lowest BCUT2D eigenvalue weighted by atomic mass is 9.91. The normalized spacial score (nSPS) is 10.9. The number of sulfone groups is 1. The van der Waals surface area contributed by atoms with Crippen molar-refractivity contribution in [2.75, 3.05) is 19.5 Å². The van der Waals surface area contributed by atoms with Crippen LogP contribution in [0.1, 0.15) is 72.9 Å². The van der Waals surface area contributed by atoms with Gasteiger partial charge in [0.2, 0.25) is 21.8 Å². The number of carbonyl (C=O) groups excluding carboxylic acids is 4. The summed E-state index contributed by atoms with van der Waals surface area (Å²) in [6, 6.07) is 20.9. The minimum absolute atomic E-state index is 0.185. The molecule has 6 aromatic rings. The molecule has 0 radical (unpaired) electrons. The van der Waals surface area contributed by atoms with Gasteiger partial charge in [-0.3, -0.25) is 0 Å². The monoisotopic (exact) mass is 979 g/mol. The Kier molecular flexibility index (Phi) is 20.6. The molecule has 0 aliphatic rings. The highest BCUT2D eigenvalue weighted by molar-refractivity contribution is 7.90. The molecular formula is C49H49F4N3O10S2. The van der Waals surface area contributed by atoms with Gasteiger partial charge in [0.15, 0.2) is 9.84 Å². The average molecular weight is 980 g/mol. The SMILES string of the molecule is Cc1c(-c2ccnc(OCCc3ccc(F)c(S(C)(=O)=O)c3)c2)cc(F)cc1C(C)C.Cc1c(-c2ccnc(OCCc3ccc(F)c(S(N)(=O)=O)c3)c2)cc(F)cc1C(C)C.O=C=O.O=C=O. The van der Waals surface area contributed by atoms with E-state index in [1.807, 2.05) is 41.5 Å². The Morgan fingerprint density at radius 1 is 0.574 bits per heavy atom. The van der Waals surface area contributed by atoms with Crippen molar-refractivity contribution in [2.24, 2.45) is 5.14 Å². The van der Waals surface area contributed by atoms with E-state index < -0.39 is 36.4 Å². The Hall–Kier alpha value is -6.88. The molecule has 0 saturated carbocycles. The third-order valence-corrected chi connectivity index (χ3v) is 12.2. The Bertz CT molecular complexity index is 2810. The van der Waals surface area contributed by atoms with Gasteiger partial charge in [0.05, 0.1) is 13.2 Å². The van der Waals surface area contributed by atoms with Gasteiger partial charge in [-0.25, -0.2) is 49.5 Å². The number of sulfonamides is 1. The summed E-state index contributed by atoms with van der Waals surface area (Å²) in [5, 5.41) is 5.03. The number of hydrogen-bond acceptors (Lipinski definition) is 12. The van der Waals surface area contributed by atoms with Crippen molar-refractivity contribution in [3.63, 3.8) is 0 Å². The van der Waals surface area contributed by atoms with Crippen LogP contribution in [0.2, 0.25) is 0 Å². The zero-order valence-corrected chi connectivity index (χ0v) is 39.7. The Labute approximate surface area is 392 Å². The number of ether oxygens (including phenoxy) is 2. The molecule has 2 heterocycles. The minimum atomic E-state index is -4.15. The first-order chi connectivity index (χ1) is 31.9. The molecule has 68 heavy (non-hydrogen) atoms. The second kappa shape index (κ2) is 25.3. The summed E-state index contributed by atoms with van der Waals surface area (Å²) in [7, 11) is -7.79. The molecule has 0 saturated heterocycles. The number of nitrogens with two attached hydrogens (primary N) is 1. The molecule has 6 rings (SSSR count). The van der Waals surface area contributed by atoms with Gasteiger partial charge >= 0.3 is 12.3 Å². The molecule has 2 N–H and O–H groups in total. The first kappa shape index (κ1) is 55.4. The van der Waals surface area contributed by atoms with Crippen molar-refractivity contribution in [3.8, 4) is 34.0 Å². The zero-order chi connectivity index (χ0) is 50.9. The molecule has 0 aliphatic carbocycles. The molecule has 360 valence electrons. The fraction of sp³-hybridized carbons (Fsp3) is 0.265. The molecule has 0 fully saturated rings. The number of aromatic nitrogens is 2. The summed E-state index contributed by atoms with van der Waals surface area (Å²) in [5.74, 6) is -1.16. The highest BCUT2D eigenvalue weighted by atomic mass is 32.2. The fourth-order valence-corrected chi connectivity index (χ4v) is 8.41. The lowest BCUT2D eigenvalue weighted by Crippen LogP contribution is -2.14. The zero-order valence-electron chi connectivity index (χ0n) is 38.1. The van der Waals surface area contributed by atoms with Crippen LogP contribution in [0.3, 0.4) is 0 Å².